The molecule has 1 aliphatic heterocycles. The molecule has 2 heterocycles. The molecule has 0 fully saturated rings. The van der Waals surface area contributed by atoms with Gasteiger partial charge in [0.05, 0.1) is 11.1 Å². The van der Waals surface area contributed by atoms with E-state index in [1.807, 2.05) is 31.3 Å². The van der Waals surface area contributed by atoms with Crippen LogP contribution in [0.5, 0.6) is 0 Å². The molecular weight excluding hydrogens is 427 g/mol. The van der Waals surface area contributed by atoms with Crippen LogP contribution < -0.4 is 5.73 Å². The van der Waals surface area contributed by atoms with Crippen LogP contribution in [0.4, 0.5) is 5.69 Å². The van der Waals surface area contributed by atoms with Crippen LogP contribution in [0.2, 0.25) is 10.0 Å². The number of primary amides is 1. The Hall–Kier alpha value is -2.87. The van der Waals surface area contributed by atoms with Crippen molar-refractivity contribution in [2.24, 2.45) is 5.73 Å². The molecule has 2 N–H and O–H groups in total. The topological polar surface area (TPSA) is 94.4 Å². The first kappa shape index (κ1) is 20.4. The average Bonchev–Trinajstić information content (AvgIpc) is 3.14. The summed E-state index contributed by atoms with van der Waals surface area (Å²) >= 11 is 12.7. The molecule has 0 aliphatic carbocycles. The van der Waals surface area contributed by atoms with Crippen LogP contribution in [-0.2, 0) is 6.54 Å². The fourth-order valence-corrected chi connectivity index (χ4v) is 4.54. The van der Waals surface area contributed by atoms with E-state index in [4.69, 9.17) is 28.9 Å². The van der Waals surface area contributed by atoms with Crippen LogP contribution in [0, 0.1) is 10.1 Å². The van der Waals surface area contributed by atoms with Gasteiger partial charge >= 0.3 is 0 Å². The summed E-state index contributed by atoms with van der Waals surface area (Å²) in [6.45, 7) is 1.47. The van der Waals surface area contributed by atoms with Gasteiger partial charge in [-0.1, -0.05) is 35.3 Å². The quantitative estimate of drug-likeness (QED) is 0.477. The zero-order valence-corrected chi connectivity index (χ0v) is 17.5. The largest absolute Gasteiger partial charge is 0.364 e. The van der Waals surface area contributed by atoms with Gasteiger partial charge in [0.2, 0.25) is 0 Å². The Morgan fingerprint density at radius 3 is 2.70 bits per heavy atom. The van der Waals surface area contributed by atoms with Crippen LogP contribution in [0.1, 0.15) is 33.1 Å². The first-order chi connectivity index (χ1) is 14.2. The van der Waals surface area contributed by atoms with Gasteiger partial charge in [0.25, 0.3) is 11.6 Å². The third-order valence-electron chi connectivity index (χ3n) is 5.31. The van der Waals surface area contributed by atoms with E-state index in [2.05, 4.69) is 4.90 Å². The number of fused-ring (bicyclic) bond motifs is 1. The number of benzene rings is 2. The predicted molar refractivity (Wildman–Crippen MR) is 116 cm³/mol. The van der Waals surface area contributed by atoms with Gasteiger partial charge in [0.1, 0.15) is 5.69 Å². The average molecular weight is 445 g/mol. The highest BCUT2D eigenvalue weighted by molar-refractivity contribution is 6.35. The Morgan fingerprint density at radius 2 is 2.00 bits per heavy atom. The zero-order valence-electron chi connectivity index (χ0n) is 16.0. The number of carbonyl (C=O) groups is 1. The van der Waals surface area contributed by atoms with E-state index in [1.165, 1.54) is 16.8 Å². The lowest BCUT2D eigenvalue weighted by molar-refractivity contribution is -0.384. The summed E-state index contributed by atoms with van der Waals surface area (Å²) in [7, 11) is 2.02. The van der Waals surface area contributed by atoms with Gasteiger partial charge in [-0.05, 0) is 48.0 Å². The molecule has 7 nitrogen and oxygen atoms in total. The maximum Gasteiger partial charge on any atom is 0.288 e. The fraction of sp³-hybridized carbons (Fsp3) is 0.190. The first-order valence-electron chi connectivity index (χ1n) is 9.18. The smallest absolute Gasteiger partial charge is 0.288 e. The number of nitrogens with zero attached hydrogens (tertiary/aromatic N) is 3. The fourth-order valence-electron chi connectivity index (χ4n) is 3.97. The number of hydrogen-bond acceptors (Lipinski definition) is 4. The molecule has 0 radical (unpaired) electrons. The van der Waals surface area contributed by atoms with Crippen LogP contribution in [-0.4, -0.2) is 33.9 Å². The second kappa shape index (κ2) is 7.75. The molecule has 2 aromatic carbocycles. The second-order valence-corrected chi connectivity index (χ2v) is 8.22. The minimum atomic E-state index is -0.741. The normalized spacial score (nSPS) is 16.3. The summed E-state index contributed by atoms with van der Waals surface area (Å²) in [6.07, 6.45) is 1.30. The van der Waals surface area contributed by atoms with Crippen molar-refractivity contribution in [2.45, 2.75) is 12.5 Å². The zero-order chi connectivity index (χ0) is 21.6. The summed E-state index contributed by atoms with van der Waals surface area (Å²) in [5.74, 6) is -0.743. The van der Waals surface area contributed by atoms with Crippen molar-refractivity contribution in [1.82, 2.24) is 9.47 Å². The van der Waals surface area contributed by atoms with Gasteiger partial charge in [0.15, 0.2) is 0 Å². The third-order valence-corrected chi connectivity index (χ3v) is 5.87. The van der Waals surface area contributed by atoms with E-state index in [0.717, 1.165) is 29.8 Å². The molecule has 1 aliphatic rings. The number of nitrogens with two attached hydrogens (primary N) is 1. The maximum atomic E-state index is 11.8. The summed E-state index contributed by atoms with van der Waals surface area (Å²) in [4.78, 5) is 24.6. The molecule has 0 spiro atoms. The summed E-state index contributed by atoms with van der Waals surface area (Å²) in [5.41, 5.74) is 8.96. The lowest BCUT2D eigenvalue weighted by Gasteiger charge is -2.33. The number of amides is 1. The SMILES string of the molecule is CN1Cc2c(Cl)cc(Cl)cc2C(c2cccc(-n3cc([N+](=O)[O-])cc3C(N)=O)c2)C1. The predicted octanol–water partition coefficient (Wildman–Crippen LogP) is 4.37. The Balaban J connectivity index is 1.83. The van der Waals surface area contributed by atoms with Gasteiger partial charge in [-0.3, -0.25) is 14.9 Å². The molecule has 154 valence electrons. The minimum absolute atomic E-state index is 0.00234. The van der Waals surface area contributed by atoms with Gasteiger partial charge in [0, 0.05) is 40.8 Å². The van der Waals surface area contributed by atoms with Crippen LogP contribution >= 0.6 is 23.2 Å². The third kappa shape index (κ3) is 3.67. The monoisotopic (exact) mass is 444 g/mol. The van der Waals surface area contributed by atoms with Gasteiger partial charge in [-0.15, -0.1) is 0 Å². The van der Waals surface area contributed by atoms with Crippen molar-refractivity contribution in [3.63, 3.8) is 0 Å². The van der Waals surface area contributed by atoms with Gasteiger partial charge in [-0.2, -0.15) is 0 Å². The van der Waals surface area contributed by atoms with Gasteiger partial charge < -0.3 is 15.2 Å². The van der Waals surface area contributed by atoms with Crippen LogP contribution in [0.25, 0.3) is 5.69 Å². The van der Waals surface area contributed by atoms with E-state index in [0.29, 0.717) is 15.7 Å². The van der Waals surface area contributed by atoms with Gasteiger partial charge in [-0.25, -0.2) is 0 Å². The maximum absolute atomic E-state index is 11.8. The number of hydrogen-bond donors (Lipinski definition) is 1. The van der Waals surface area contributed by atoms with E-state index >= 15 is 0 Å². The second-order valence-electron chi connectivity index (χ2n) is 7.37. The van der Waals surface area contributed by atoms with Crippen molar-refractivity contribution < 1.29 is 9.72 Å². The highest BCUT2D eigenvalue weighted by Crippen LogP contribution is 2.39. The Bertz CT molecular complexity index is 1180. The van der Waals surface area contributed by atoms with Crippen molar-refractivity contribution in [1.29, 1.82) is 0 Å². The van der Waals surface area contributed by atoms with E-state index < -0.39 is 10.8 Å². The lowest BCUT2D eigenvalue weighted by Crippen LogP contribution is -2.31. The molecule has 3 aromatic rings. The molecule has 30 heavy (non-hydrogen) atoms. The Kier molecular flexibility index (Phi) is 5.27. The molecule has 1 atom stereocenters. The standard InChI is InChI=1S/C21H18Cl2N4O3/c1-25-10-17(16-6-13(22)7-19(23)18(16)11-25)12-3-2-4-14(5-12)26-9-15(27(29)30)8-20(26)21(24)28/h2-9,17H,10-11H2,1H3,(H2,24,28). The summed E-state index contributed by atoms with van der Waals surface area (Å²) < 4.78 is 1.45. The lowest BCUT2D eigenvalue weighted by atomic mass is 9.84. The van der Waals surface area contributed by atoms with E-state index in [1.54, 1.807) is 12.1 Å². The van der Waals surface area contributed by atoms with E-state index in [9.17, 15) is 14.9 Å². The van der Waals surface area contributed by atoms with Crippen molar-refractivity contribution in [2.75, 3.05) is 13.6 Å². The van der Waals surface area contributed by atoms with Crippen molar-refractivity contribution >= 4 is 34.8 Å². The number of nitro groups is 1. The minimum Gasteiger partial charge on any atom is -0.364 e. The molecule has 0 bridgehead atoms. The molecule has 9 heteroatoms. The molecule has 0 saturated heterocycles. The van der Waals surface area contributed by atoms with Crippen molar-refractivity contribution in [3.05, 3.63) is 91.2 Å². The van der Waals surface area contributed by atoms with E-state index in [-0.39, 0.29) is 17.3 Å². The molecule has 1 aromatic heterocycles. The number of halogens is 2. The van der Waals surface area contributed by atoms with Crippen LogP contribution in [0.3, 0.4) is 0 Å². The molecule has 1 amide bonds. The summed E-state index contributed by atoms with van der Waals surface area (Å²) in [5, 5.41) is 12.4. The highest BCUT2D eigenvalue weighted by Gasteiger charge is 2.27. The highest BCUT2D eigenvalue weighted by atomic mass is 35.5. The number of carbonyl (C=O) groups excluding carboxylic acids is 1. The first-order valence-corrected chi connectivity index (χ1v) is 9.93. The Labute approximate surface area is 182 Å². The number of rotatable bonds is 4. The number of likely N-dealkylation sites (N-methyl/N-ethyl adjacent to an activating group) is 1. The molecule has 4 rings (SSSR count). The molecule has 1 unspecified atom stereocenters. The Morgan fingerprint density at radius 1 is 1.23 bits per heavy atom. The number of aromatic nitrogens is 1. The molecule has 0 saturated carbocycles. The van der Waals surface area contributed by atoms with Crippen molar-refractivity contribution in [3.8, 4) is 5.69 Å². The van der Waals surface area contributed by atoms with Crippen LogP contribution in [0.15, 0.2) is 48.7 Å². The summed E-state index contributed by atoms with van der Waals surface area (Å²) in [6, 6.07) is 12.4. The molecular formula is C21H18Cl2N4O3.